The summed E-state index contributed by atoms with van der Waals surface area (Å²) in [6, 6.07) is 14.1. The quantitative estimate of drug-likeness (QED) is 0.834. The zero-order valence-electron chi connectivity index (χ0n) is 17.2. The number of nitrogens with zero attached hydrogens (tertiary/aromatic N) is 2. The van der Waals surface area contributed by atoms with Gasteiger partial charge in [0.1, 0.15) is 0 Å². The fraction of sp³-hybridized carbons (Fsp3) is 0.400. The van der Waals surface area contributed by atoms with Crippen molar-refractivity contribution >= 4 is 12.0 Å². The van der Waals surface area contributed by atoms with Crippen LogP contribution in [0.1, 0.15) is 38.4 Å². The molecular formula is C25H27N3O. The standard InChI is InChI=1S/C25H27N3O/c1-15-12-23-24(17(3)25(29)28-23)21(16(15)2)11-10-20-9-8-19(14-27-20)22-7-5-4-6-18(22)13-26/h4-11,14-17,21,23-24H,12H2,1-3H3,(H,28,29)/t15-,16+,17+,21-,23+,24-/m0/s1. The summed E-state index contributed by atoms with van der Waals surface area (Å²) >= 11 is 0. The van der Waals surface area contributed by atoms with Crippen molar-refractivity contribution in [3.63, 3.8) is 0 Å². The Bertz CT molecular complexity index is 972. The van der Waals surface area contributed by atoms with E-state index in [0.29, 0.717) is 29.2 Å². The Hall–Kier alpha value is -2.93. The molecule has 1 amide bonds. The molecule has 1 aromatic heterocycles. The van der Waals surface area contributed by atoms with Gasteiger partial charge in [-0.25, -0.2) is 0 Å². The molecule has 6 atom stereocenters. The molecule has 0 unspecified atom stereocenters. The molecule has 1 aliphatic heterocycles. The van der Waals surface area contributed by atoms with Gasteiger partial charge in [0, 0.05) is 29.3 Å². The van der Waals surface area contributed by atoms with Gasteiger partial charge in [0.25, 0.3) is 0 Å². The van der Waals surface area contributed by atoms with Gasteiger partial charge < -0.3 is 5.32 Å². The summed E-state index contributed by atoms with van der Waals surface area (Å²) in [7, 11) is 0. The lowest BCUT2D eigenvalue weighted by atomic mass is 9.63. The molecule has 0 bridgehead atoms. The Morgan fingerprint density at radius 3 is 2.69 bits per heavy atom. The third-order valence-corrected chi connectivity index (χ3v) is 6.99. The number of pyridine rings is 1. The second-order valence-electron chi connectivity index (χ2n) is 8.62. The maximum atomic E-state index is 12.2. The van der Waals surface area contributed by atoms with E-state index in [0.717, 1.165) is 23.2 Å². The molecule has 2 fully saturated rings. The highest BCUT2D eigenvalue weighted by molar-refractivity contribution is 5.81. The Kier molecular flexibility index (Phi) is 5.24. The number of nitriles is 1. The van der Waals surface area contributed by atoms with Crippen LogP contribution < -0.4 is 5.32 Å². The molecule has 0 spiro atoms. The highest BCUT2D eigenvalue weighted by atomic mass is 16.2. The van der Waals surface area contributed by atoms with E-state index in [-0.39, 0.29) is 17.9 Å². The molecule has 2 aliphatic rings. The van der Waals surface area contributed by atoms with Crippen molar-refractivity contribution in [1.29, 1.82) is 5.26 Å². The molecule has 4 nitrogen and oxygen atoms in total. The number of hydrogen-bond acceptors (Lipinski definition) is 3. The molecule has 1 N–H and O–H groups in total. The van der Waals surface area contributed by atoms with E-state index in [4.69, 9.17) is 0 Å². The zero-order valence-corrected chi connectivity index (χ0v) is 17.2. The number of benzene rings is 1. The van der Waals surface area contributed by atoms with Crippen LogP contribution in [-0.2, 0) is 4.79 Å². The van der Waals surface area contributed by atoms with Crippen LogP contribution in [0.15, 0.2) is 48.7 Å². The van der Waals surface area contributed by atoms with E-state index in [1.807, 2.05) is 42.6 Å². The van der Waals surface area contributed by atoms with E-state index in [9.17, 15) is 10.1 Å². The molecule has 4 rings (SSSR count). The highest BCUT2D eigenvalue weighted by Crippen LogP contribution is 2.45. The molecule has 1 aromatic carbocycles. The van der Waals surface area contributed by atoms with Crippen molar-refractivity contribution in [1.82, 2.24) is 10.3 Å². The predicted molar refractivity (Wildman–Crippen MR) is 114 cm³/mol. The molecule has 1 aliphatic carbocycles. The van der Waals surface area contributed by atoms with Gasteiger partial charge in [0.15, 0.2) is 0 Å². The number of fused-ring (bicyclic) bond motifs is 1. The normalized spacial score (nSPS) is 31.3. The first-order valence-electron chi connectivity index (χ1n) is 10.4. The molecule has 29 heavy (non-hydrogen) atoms. The van der Waals surface area contributed by atoms with Crippen LogP contribution in [0.2, 0.25) is 0 Å². The van der Waals surface area contributed by atoms with Crippen LogP contribution in [0.3, 0.4) is 0 Å². The number of rotatable bonds is 3. The van der Waals surface area contributed by atoms with Crippen molar-refractivity contribution < 1.29 is 4.79 Å². The average Bonchev–Trinajstić information content (AvgIpc) is 3.02. The van der Waals surface area contributed by atoms with Crippen LogP contribution in [0.5, 0.6) is 0 Å². The lowest BCUT2D eigenvalue weighted by Crippen LogP contribution is -2.43. The largest absolute Gasteiger partial charge is 0.353 e. The molecule has 0 radical (unpaired) electrons. The number of aromatic nitrogens is 1. The second-order valence-corrected chi connectivity index (χ2v) is 8.62. The van der Waals surface area contributed by atoms with Gasteiger partial charge in [0.2, 0.25) is 5.91 Å². The lowest BCUT2D eigenvalue weighted by molar-refractivity contribution is -0.122. The SMILES string of the molecule is C[C@H]1[C@H](C=Cc2ccc(-c3ccccc3C#N)cn2)[C@H]2[C@@H](C[C@@H]1C)NC(=O)[C@@H]2C. The minimum atomic E-state index is 0.0578. The summed E-state index contributed by atoms with van der Waals surface area (Å²) in [5.74, 6) is 2.07. The smallest absolute Gasteiger partial charge is 0.223 e. The maximum Gasteiger partial charge on any atom is 0.223 e. The first kappa shape index (κ1) is 19.4. The number of allylic oxidation sites excluding steroid dienone is 1. The van der Waals surface area contributed by atoms with Gasteiger partial charge in [-0.1, -0.05) is 51.1 Å². The van der Waals surface area contributed by atoms with Crippen molar-refractivity contribution in [3.05, 3.63) is 59.9 Å². The van der Waals surface area contributed by atoms with Crippen molar-refractivity contribution in [3.8, 4) is 17.2 Å². The number of nitrogens with one attached hydrogen (secondary N) is 1. The van der Waals surface area contributed by atoms with Crippen molar-refractivity contribution in [2.75, 3.05) is 0 Å². The van der Waals surface area contributed by atoms with Gasteiger partial charge in [-0.05, 0) is 48.3 Å². The molecular weight excluding hydrogens is 358 g/mol. The number of carbonyl (C=O) groups is 1. The predicted octanol–water partition coefficient (Wildman–Crippen LogP) is 4.68. The first-order chi connectivity index (χ1) is 14.0. The fourth-order valence-electron chi connectivity index (χ4n) is 5.11. The van der Waals surface area contributed by atoms with E-state index in [1.165, 1.54) is 0 Å². The van der Waals surface area contributed by atoms with Gasteiger partial charge in [0.05, 0.1) is 17.3 Å². The third kappa shape index (κ3) is 3.58. The summed E-state index contributed by atoms with van der Waals surface area (Å²) in [6.07, 6.45) is 7.25. The topological polar surface area (TPSA) is 65.8 Å². The molecule has 1 saturated carbocycles. The summed E-state index contributed by atoms with van der Waals surface area (Å²) in [6.45, 7) is 6.65. The van der Waals surface area contributed by atoms with Gasteiger partial charge in [-0.15, -0.1) is 0 Å². The minimum absolute atomic E-state index is 0.0578. The zero-order chi connectivity index (χ0) is 20.5. The fourth-order valence-corrected chi connectivity index (χ4v) is 5.11. The van der Waals surface area contributed by atoms with Gasteiger partial charge in [-0.2, -0.15) is 5.26 Å². The van der Waals surface area contributed by atoms with Gasteiger partial charge in [-0.3, -0.25) is 9.78 Å². The average molecular weight is 386 g/mol. The maximum absolute atomic E-state index is 12.2. The van der Waals surface area contributed by atoms with Crippen molar-refractivity contribution in [2.45, 2.75) is 33.2 Å². The Morgan fingerprint density at radius 2 is 1.97 bits per heavy atom. The van der Waals surface area contributed by atoms with E-state index in [2.05, 4.69) is 49.3 Å². The monoisotopic (exact) mass is 385 g/mol. The molecule has 4 heteroatoms. The first-order valence-corrected chi connectivity index (χ1v) is 10.4. The second kappa shape index (κ2) is 7.83. The lowest BCUT2D eigenvalue weighted by Gasteiger charge is -2.41. The summed E-state index contributed by atoms with van der Waals surface area (Å²) in [5.41, 5.74) is 3.40. The summed E-state index contributed by atoms with van der Waals surface area (Å²) < 4.78 is 0. The molecule has 148 valence electrons. The highest BCUT2D eigenvalue weighted by Gasteiger charge is 2.48. The third-order valence-electron chi connectivity index (χ3n) is 6.99. The molecule has 1 saturated heterocycles. The minimum Gasteiger partial charge on any atom is -0.353 e. The van der Waals surface area contributed by atoms with Crippen LogP contribution in [0.4, 0.5) is 0 Å². The van der Waals surface area contributed by atoms with Gasteiger partial charge >= 0.3 is 0 Å². The van der Waals surface area contributed by atoms with Crippen LogP contribution in [-0.4, -0.2) is 16.9 Å². The Labute approximate surface area is 172 Å². The summed E-state index contributed by atoms with van der Waals surface area (Å²) in [4.78, 5) is 16.8. The molecule has 2 aromatic rings. The van der Waals surface area contributed by atoms with E-state index >= 15 is 0 Å². The number of carbonyl (C=O) groups excluding carboxylic acids is 1. The van der Waals surface area contributed by atoms with Crippen LogP contribution >= 0.6 is 0 Å². The molecule has 2 heterocycles. The van der Waals surface area contributed by atoms with E-state index in [1.54, 1.807) is 0 Å². The van der Waals surface area contributed by atoms with E-state index < -0.39 is 0 Å². The van der Waals surface area contributed by atoms with Crippen LogP contribution in [0, 0.1) is 40.9 Å². The Morgan fingerprint density at radius 1 is 1.17 bits per heavy atom. The number of amides is 1. The van der Waals surface area contributed by atoms with Crippen LogP contribution in [0.25, 0.3) is 17.2 Å². The number of hydrogen-bond donors (Lipinski definition) is 1. The summed E-state index contributed by atoms with van der Waals surface area (Å²) in [5, 5.41) is 12.5. The van der Waals surface area contributed by atoms with Crippen molar-refractivity contribution in [2.24, 2.45) is 29.6 Å². The Balaban J connectivity index is 1.57.